The number of aryl methyl sites for hydroxylation is 1. The summed E-state index contributed by atoms with van der Waals surface area (Å²) < 4.78 is 2.46. The van der Waals surface area contributed by atoms with Gasteiger partial charge in [-0.2, -0.15) is 0 Å². The Balaban J connectivity index is 1.92. The summed E-state index contributed by atoms with van der Waals surface area (Å²) in [5, 5.41) is 1.18. The third-order valence-electron chi connectivity index (χ3n) is 5.18. The predicted molar refractivity (Wildman–Crippen MR) is 109 cm³/mol. The average molecular weight is 343 g/mol. The van der Waals surface area contributed by atoms with Crippen LogP contribution in [0.5, 0.6) is 0 Å². The second-order valence-corrected chi connectivity index (χ2v) is 7.38. The van der Waals surface area contributed by atoms with E-state index < -0.39 is 0 Å². The second-order valence-electron chi connectivity index (χ2n) is 7.38. The number of benzene rings is 1. The first kappa shape index (κ1) is 16.7. The summed E-state index contributed by atoms with van der Waals surface area (Å²) in [6.07, 6.45) is 7.41. The molecule has 3 nitrogen and oxygen atoms in total. The van der Waals surface area contributed by atoms with Crippen molar-refractivity contribution in [1.82, 2.24) is 9.55 Å². The first-order valence-electron chi connectivity index (χ1n) is 9.40. The Hall–Kier alpha value is -2.73. The van der Waals surface area contributed by atoms with Crippen molar-refractivity contribution in [3.05, 3.63) is 59.4 Å². The molecule has 0 bridgehead atoms. The topological polar surface area (TPSA) is 21.1 Å². The molecule has 1 fully saturated rings. The molecular weight excluding hydrogens is 318 g/mol. The Bertz CT molecular complexity index is 981. The van der Waals surface area contributed by atoms with Crippen molar-refractivity contribution in [2.75, 3.05) is 19.0 Å². The van der Waals surface area contributed by atoms with Gasteiger partial charge in [0, 0.05) is 37.6 Å². The van der Waals surface area contributed by atoms with Gasteiger partial charge >= 0.3 is 0 Å². The highest BCUT2D eigenvalue weighted by atomic mass is 15.1. The lowest BCUT2D eigenvalue weighted by atomic mass is 10.1. The fourth-order valence-electron chi connectivity index (χ4n) is 3.94. The summed E-state index contributed by atoms with van der Waals surface area (Å²) in [6, 6.07) is 13.0. The Morgan fingerprint density at radius 2 is 1.81 bits per heavy atom. The maximum Gasteiger partial charge on any atom is 0.139 e. The van der Waals surface area contributed by atoms with E-state index in [0.29, 0.717) is 6.04 Å². The van der Waals surface area contributed by atoms with Crippen molar-refractivity contribution in [2.24, 2.45) is 0 Å². The molecule has 1 aliphatic carbocycles. The Labute approximate surface area is 155 Å². The molecule has 26 heavy (non-hydrogen) atoms. The second kappa shape index (κ2) is 6.88. The normalized spacial score (nSPS) is 14.4. The maximum atomic E-state index is 4.80. The van der Waals surface area contributed by atoms with E-state index in [4.69, 9.17) is 4.98 Å². The van der Waals surface area contributed by atoms with Gasteiger partial charge in [-0.05, 0) is 38.0 Å². The molecule has 2 aromatic heterocycles. The van der Waals surface area contributed by atoms with E-state index in [-0.39, 0.29) is 0 Å². The van der Waals surface area contributed by atoms with Crippen molar-refractivity contribution >= 4 is 16.7 Å². The highest BCUT2D eigenvalue weighted by molar-refractivity contribution is 5.96. The molecule has 0 atom stereocenters. The highest BCUT2D eigenvalue weighted by Crippen LogP contribution is 2.37. The van der Waals surface area contributed by atoms with Crippen molar-refractivity contribution in [2.45, 2.75) is 38.6 Å². The van der Waals surface area contributed by atoms with Crippen molar-refractivity contribution in [3.63, 3.8) is 0 Å². The molecule has 4 rings (SSSR count). The summed E-state index contributed by atoms with van der Waals surface area (Å²) in [6.45, 7) is 2.08. The number of anilines is 1. The van der Waals surface area contributed by atoms with Crippen LogP contribution < -0.4 is 4.90 Å². The van der Waals surface area contributed by atoms with E-state index in [1.54, 1.807) is 0 Å². The minimum Gasteiger partial charge on any atom is -0.362 e. The van der Waals surface area contributed by atoms with Gasteiger partial charge in [0.1, 0.15) is 5.82 Å². The molecule has 132 valence electrons. The standard InChI is InChI=1S/C23H25N3/c1-17-15-21-22(23(24-17)25(2)3)19(14-13-18-9-5-4-6-10-18)16-26(21)20-11-7-8-12-20/h4-6,9-10,15-16,20H,7-8,11-12H2,1-3H3. The minimum absolute atomic E-state index is 0.585. The summed E-state index contributed by atoms with van der Waals surface area (Å²) in [7, 11) is 4.12. The summed E-state index contributed by atoms with van der Waals surface area (Å²) in [4.78, 5) is 6.90. The zero-order valence-electron chi connectivity index (χ0n) is 15.8. The maximum absolute atomic E-state index is 4.80. The zero-order chi connectivity index (χ0) is 18.1. The van der Waals surface area contributed by atoms with Crippen LogP contribution in [-0.4, -0.2) is 23.6 Å². The van der Waals surface area contributed by atoms with Gasteiger partial charge in [0.25, 0.3) is 0 Å². The van der Waals surface area contributed by atoms with Crippen LogP contribution in [0, 0.1) is 18.8 Å². The smallest absolute Gasteiger partial charge is 0.139 e. The largest absolute Gasteiger partial charge is 0.362 e. The Kier molecular flexibility index (Phi) is 4.42. The van der Waals surface area contributed by atoms with E-state index in [1.165, 1.54) is 36.6 Å². The molecule has 1 aliphatic rings. The molecular formula is C23H25N3. The van der Waals surface area contributed by atoms with E-state index in [9.17, 15) is 0 Å². The number of nitrogens with zero attached hydrogens (tertiary/aromatic N) is 3. The number of fused-ring (bicyclic) bond motifs is 1. The zero-order valence-corrected chi connectivity index (χ0v) is 15.8. The molecule has 0 spiro atoms. The molecule has 0 aliphatic heterocycles. The minimum atomic E-state index is 0.585. The van der Waals surface area contributed by atoms with Gasteiger partial charge in [0.15, 0.2) is 0 Å². The lowest BCUT2D eigenvalue weighted by molar-refractivity contribution is 0.535. The van der Waals surface area contributed by atoms with Crippen LogP contribution in [0.4, 0.5) is 5.82 Å². The van der Waals surface area contributed by atoms with Gasteiger partial charge < -0.3 is 9.47 Å². The van der Waals surface area contributed by atoms with Crippen LogP contribution in [0.15, 0.2) is 42.6 Å². The van der Waals surface area contributed by atoms with Crippen molar-refractivity contribution in [1.29, 1.82) is 0 Å². The number of hydrogen-bond acceptors (Lipinski definition) is 2. The highest BCUT2D eigenvalue weighted by Gasteiger charge is 2.22. The molecule has 1 aromatic carbocycles. The molecule has 0 amide bonds. The van der Waals surface area contributed by atoms with Crippen LogP contribution in [0.1, 0.15) is 48.5 Å². The van der Waals surface area contributed by atoms with Crippen LogP contribution in [0.25, 0.3) is 10.9 Å². The van der Waals surface area contributed by atoms with E-state index >= 15 is 0 Å². The molecule has 3 aromatic rings. The van der Waals surface area contributed by atoms with Gasteiger partial charge in [-0.15, -0.1) is 0 Å². The Morgan fingerprint density at radius 3 is 2.50 bits per heavy atom. The van der Waals surface area contributed by atoms with Gasteiger partial charge in [0.05, 0.1) is 16.5 Å². The third-order valence-corrected chi connectivity index (χ3v) is 5.18. The fraction of sp³-hybridized carbons (Fsp3) is 0.348. The monoisotopic (exact) mass is 343 g/mol. The molecule has 0 radical (unpaired) electrons. The van der Waals surface area contributed by atoms with Crippen LogP contribution in [0.2, 0.25) is 0 Å². The number of rotatable bonds is 2. The van der Waals surface area contributed by atoms with E-state index in [1.807, 2.05) is 18.2 Å². The Morgan fingerprint density at radius 1 is 1.08 bits per heavy atom. The molecule has 2 heterocycles. The van der Waals surface area contributed by atoms with Crippen LogP contribution >= 0.6 is 0 Å². The quantitative estimate of drug-likeness (QED) is 0.616. The van der Waals surface area contributed by atoms with Gasteiger partial charge in [0.2, 0.25) is 0 Å². The van der Waals surface area contributed by atoms with Crippen LogP contribution in [-0.2, 0) is 0 Å². The molecule has 3 heteroatoms. The number of pyridine rings is 1. The first-order chi connectivity index (χ1) is 12.6. The van der Waals surface area contributed by atoms with E-state index in [0.717, 1.165) is 22.6 Å². The SMILES string of the molecule is Cc1cc2c(c(C#Cc3ccccc3)cn2C2CCCC2)c(N(C)C)n1. The lowest BCUT2D eigenvalue weighted by Gasteiger charge is -2.16. The third kappa shape index (κ3) is 3.08. The first-order valence-corrected chi connectivity index (χ1v) is 9.40. The molecule has 0 saturated heterocycles. The number of aromatic nitrogens is 2. The predicted octanol–water partition coefficient (Wildman–Crippen LogP) is 4.93. The molecule has 0 unspecified atom stereocenters. The summed E-state index contributed by atoms with van der Waals surface area (Å²) >= 11 is 0. The summed E-state index contributed by atoms with van der Waals surface area (Å²) in [5.74, 6) is 7.76. The molecule has 0 N–H and O–H groups in total. The number of hydrogen-bond donors (Lipinski definition) is 0. The van der Waals surface area contributed by atoms with Gasteiger partial charge in [-0.25, -0.2) is 4.98 Å². The van der Waals surface area contributed by atoms with Crippen molar-refractivity contribution < 1.29 is 0 Å². The van der Waals surface area contributed by atoms with E-state index in [2.05, 4.69) is 66.7 Å². The fourth-order valence-corrected chi connectivity index (χ4v) is 3.94. The average Bonchev–Trinajstić information content (AvgIpc) is 3.27. The van der Waals surface area contributed by atoms with Gasteiger partial charge in [-0.3, -0.25) is 0 Å². The van der Waals surface area contributed by atoms with Gasteiger partial charge in [-0.1, -0.05) is 42.9 Å². The van der Waals surface area contributed by atoms with Crippen molar-refractivity contribution in [3.8, 4) is 11.8 Å². The van der Waals surface area contributed by atoms with Crippen LogP contribution in [0.3, 0.4) is 0 Å². The molecule has 1 saturated carbocycles. The lowest BCUT2D eigenvalue weighted by Crippen LogP contribution is -2.12. The summed E-state index contributed by atoms with van der Waals surface area (Å²) in [5.41, 5.74) is 4.44.